The lowest BCUT2D eigenvalue weighted by molar-refractivity contribution is -0.137. The Labute approximate surface area is 147 Å². The molecule has 0 aromatic heterocycles. The fraction of sp³-hybridized carbons (Fsp3) is 0.550. The van der Waals surface area contributed by atoms with Crippen molar-refractivity contribution < 1.29 is 20.9 Å². The summed E-state index contributed by atoms with van der Waals surface area (Å²) in [5, 5.41) is 8.60. The number of hydrogen-bond acceptors (Lipinski definition) is 1. The molecular formula is C20H32O2. The minimum absolute atomic E-state index is 0.0148. The third-order valence-corrected chi connectivity index (χ3v) is 2.63. The summed E-state index contributed by atoms with van der Waals surface area (Å²) in [4.78, 5) is 10.5. The van der Waals surface area contributed by atoms with Gasteiger partial charge in [0.1, 0.15) is 0 Å². The summed E-state index contributed by atoms with van der Waals surface area (Å²) in [6.45, 7) is 2.04. The lowest BCUT2D eigenvalue weighted by Crippen LogP contribution is -1.92. The van der Waals surface area contributed by atoms with Gasteiger partial charge in [0, 0.05) is 6.42 Å². The van der Waals surface area contributed by atoms with Crippen LogP contribution in [0.5, 0.6) is 0 Å². The Morgan fingerprint density at radius 2 is 1.27 bits per heavy atom. The van der Waals surface area contributed by atoms with E-state index in [2.05, 4.69) is 0 Å². The van der Waals surface area contributed by atoms with E-state index in [4.69, 9.17) is 16.1 Å². The highest BCUT2D eigenvalue weighted by molar-refractivity contribution is 5.66. The molecule has 1 N–H and O–H groups in total. The summed E-state index contributed by atoms with van der Waals surface area (Å²) < 4.78 is 63.0. The van der Waals surface area contributed by atoms with Crippen LogP contribution in [-0.2, 0) is 4.79 Å². The number of rotatable bonds is 14. The van der Waals surface area contributed by atoms with E-state index < -0.39 is 5.97 Å². The average Bonchev–Trinajstić information content (AvgIpc) is 2.67. The van der Waals surface area contributed by atoms with Crippen LogP contribution in [0.2, 0.25) is 0 Å². The summed E-state index contributed by atoms with van der Waals surface area (Å²) in [5.41, 5.74) is 0. The molecule has 0 saturated carbocycles. The van der Waals surface area contributed by atoms with Crippen molar-refractivity contribution in [3.63, 3.8) is 0 Å². The molecule has 0 aliphatic rings. The number of carboxylic acid groups (broad SMARTS) is 1. The molecule has 2 heteroatoms. The molecular weight excluding hydrogens is 272 g/mol. The van der Waals surface area contributed by atoms with Crippen molar-refractivity contribution in [1.82, 2.24) is 0 Å². The molecule has 0 heterocycles. The van der Waals surface area contributed by atoms with Gasteiger partial charge in [0.2, 0.25) is 0 Å². The highest BCUT2D eigenvalue weighted by Crippen LogP contribution is 2.01. The first-order valence-electron chi connectivity index (χ1n) is 11.8. The topological polar surface area (TPSA) is 37.3 Å². The number of unbranched alkanes of at least 4 members (excludes halogenated alkanes) is 2. The largest absolute Gasteiger partial charge is 0.481 e. The first-order valence-corrected chi connectivity index (χ1v) is 7.82. The third kappa shape index (κ3) is 18.4. The van der Waals surface area contributed by atoms with E-state index in [-0.39, 0.29) is 86.9 Å². The van der Waals surface area contributed by atoms with E-state index in [1.54, 1.807) is 0 Å². The van der Waals surface area contributed by atoms with Gasteiger partial charge in [-0.05, 0) is 44.9 Å². The number of carboxylic acids is 1. The molecule has 0 bridgehead atoms. The maximum atomic E-state index is 10.5. The minimum atomic E-state index is -0.978. The number of aliphatic carboxylic acids is 1. The Kier molecular flexibility index (Phi) is 8.15. The normalized spacial score (nSPS) is 21.1. The van der Waals surface area contributed by atoms with Gasteiger partial charge in [0.05, 0.1) is 11.0 Å². The van der Waals surface area contributed by atoms with E-state index >= 15 is 0 Å². The van der Waals surface area contributed by atoms with Crippen LogP contribution in [0.15, 0.2) is 48.4 Å². The van der Waals surface area contributed by atoms with Crippen molar-refractivity contribution in [3.05, 3.63) is 48.4 Å². The summed E-state index contributed by atoms with van der Waals surface area (Å²) >= 11 is 0. The zero-order valence-corrected chi connectivity index (χ0v) is 13.4. The number of allylic oxidation sites excluding steroid dienone is 8. The van der Waals surface area contributed by atoms with Gasteiger partial charge in [0.15, 0.2) is 0 Å². The van der Waals surface area contributed by atoms with E-state index in [1.807, 2.05) is 6.92 Å². The molecule has 0 atom stereocenters. The monoisotopic (exact) mass is 320 g/mol. The second-order valence-electron chi connectivity index (χ2n) is 4.65. The maximum Gasteiger partial charge on any atom is 0.303 e. The molecule has 0 aromatic rings. The van der Waals surface area contributed by atoms with Crippen molar-refractivity contribution in [2.45, 2.75) is 71.1 Å². The van der Waals surface area contributed by atoms with Gasteiger partial charge in [-0.2, -0.15) is 0 Å². The molecule has 0 fully saturated rings. The molecule has 0 aliphatic carbocycles. The molecule has 0 rings (SSSR count). The summed E-state index contributed by atoms with van der Waals surface area (Å²) in [6.07, 6.45) is 2.78. The molecule has 0 spiro atoms. The van der Waals surface area contributed by atoms with Crippen LogP contribution in [0.3, 0.4) is 0 Å². The van der Waals surface area contributed by atoms with Crippen LogP contribution in [0, 0.1) is 0 Å². The molecule has 0 amide bonds. The van der Waals surface area contributed by atoms with Gasteiger partial charge in [-0.1, -0.05) is 68.2 Å². The fourth-order valence-electron chi connectivity index (χ4n) is 1.48. The third-order valence-electron chi connectivity index (χ3n) is 2.63. The van der Waals surface area contributed by atoms with Crippen LogP contribution in [0.25, 0.3) is 0 Å². The maximum absolute atomic E-state index is 10.5. The van der Waals surface area contributed by atoms with Crippen LogP contribution >= 0.6 is 0 Å². The molecule has 2 nitrogen and oxygen atoms in total. The standard InChI is InChI=1S/C20H32O2/c1-2-3-4-5-6-7-8-9-10-11-12-13-14-15-16-17-18-19-20(21)22/h6-7,9-10,12-13,15-16H,2-5,8,11,14,17-19H2,1H3,(H,21,22)/b7-6-,10-9-,13-12-,16-15-/i6T,7T,9T,10T,12T,13T,15T,16T. The summed E-state index contributed by atoms with van der Waals surface area (Å²) in [7, 11) is 0. The SMILES string of the molecule is [3H]/C(CCCCC)=C(\[3H])C/C([3H])=C(/[3H])C/C([3H])=C(/[3H])C/C([3H])=C(/[3H])CCCC(=O)O. The predicted octanol–water partition coefficient (Wildman–Crippen LogP) is 6.22. The molecule has 0 radical (unpaired) electrons. The highest BCUT2D eigenvalue weighted by atomic mass is 16.4. The summed E-state index contributed by atoms with van der Waals surface area (Å²) in [6, 6.07) is -0.961. The quantitative estimate of drug-likeness (QED) is 0.305. The Bertz CT molecular complexity index is 708. The van der Waals surface area contributed by atoms with Crippen LogP contribution in [-0.4, -0.2) is 11.1 Å². The lowest BCUT2D eigenvalue weighted by Gasteiger charge is -1.90. The van der Waals surface area contributed by atoms with E-state index in [9.17, 15) is 4.79 Å². The van der Waals surface area contributed by atoms with Crippen LogP contribution in [0.4, 0.5) is 0 Å². The Morgan fingerprint density at radius 3 is 1.73 bits per heavy atom. The van der Waals surface area contributed by atoms with Gasteiger partial charge in [-0.3, -0.25) is 4.79 Å². The van der Waals surface area contributed by atoms with Gasteiger partial charge < -0.3 is 5.11 Å². The first-order chi connectivity index (χ1) is 14.0. The average molecular weight is 321 g/mol. The van der Waals surface area contributed by atoms with E-state index in [0.29, 0.717) is 6.42 Å². The van der Waals surface area contributed by atoms with Crippen molar-refractivity contribution in [1.29, 1.82) is 0 Å². The second kappa shape index (κ2) is 17.5. The smallest absolute Gasteiger partial charge is 0.303 e. The van der Waals surface area contributed by atoms with E-state index in [0.717, 1.165) is 19.3 Å². The Morgan fingerprint density at radius 1 is 0.818 bits per heavy atom. The van der Waals surface area contributed by atoms with Crippen molar-refractivity contribution in [2.75, 3.05) is 0 Å². The van der Waals surface area contributed by atoms with E-state index in [1.165, 1.54) is 0 Å². The molecule has 0 unspecified atom stereocenters. The zero-order valence-electron chi connectivity index (χ0n) is 21.4. The minimum Gasteiger partial charge on any atom is -0.481 e. The molecule has 22 heavy (non-hydrogen) atoms. The van der Waals surface area contributed by atoms with Crippen molar-refractivity contribution >= 4 is 5.97 Å². The van der Waals surface area contributed by atoms with Gasteiger partial charge in [-0.15, -0.1) is 0 Å². The van der Waals surface area contributed by atoms with Crippen molar-refractivity contribution in [2.24, 2.45) is 0 Å². The Hall–Kier alpha value is -1.57. The molecule has 0 aromatic carbocycles. The highest BCUT2D eigenvalue weighted by Gasteiger charge is 1.92. The van der Waals surface area contributed by atoms with Crippen LogP contribution in [0.1, 0.15) is 82.1 Å². The first kappa shape index (κ1) is 10.3. The van der Waals surface area contributed by atoms with Crippen molar-refractivity contribution in [3.8, 4) is 0 Å². The predicted molar refractivity (Wildman–Crippen MR) is 96.0 cm³/mol. The van der Waals surface area contributed by atoms with Gasteiger partial charge in [0.25, 0.3) is 0 Å². The number of hydrogen-bond donors (Lipinski definition) is 1. The van der Waals surface area contributed by atoms with Gasteiger partial charge >= 0.3 is 5.97 Å². The zero-order chi connectivity index (χ0) is 23.3. The lowest BCUT2D eigenvalue weighted by atomic mass is 10.2. The second-order valence-corrected chi connectivity index (χ2v) is 4.65. The van der Waals surface area contributed by atoms with Gasteiger partial charge in [-0.25, -0.2) is 0 Å². The molecule has 124 valence electrons. The fourth-order valence-corrected chi connectivity index (χ4v) is 1.48. The molecule has 0 saturated heterocycles. The van der Waals surface area contributed by atoms with Crippen LogP contribution < -0.4 is 0 Å². The Balaban J connectivity index is 5.00. The molecule has 0 aliphatic heterocycles. The summed E-state index contributed by atoms with van der Waals surface area (Å²) in [5.74, 6) is -0.978. The number of carbonyl (C=O) groups is 1.